The normalized spacial score (nSPS) is 43.9. The van der Waals surface area contributed by atoms with E-state index < -0.39 is 0 Å². The van der Waals surface area contributed by atoms with Crippen molar-refractivity contribution < 1.29 is 5.11 Å². The van der Waals surface area contributed by atoms with E-state index in [0.717, 1.165) is 48.3 Å². The SMILES string of the molecule is CC(C)CCC[C@@H](C)[C@H]1CC[C@H]2[C@@H]3CC[C@H]4[C@H](Cc5ccccc5)[C@@H](O)CC[C@]4(C)[C@H]3CC[C@]12C. The Morgan fingerprint density at radius 2 is 1.49 bits per heavy atom. The summed E-state index contributed by atoms with van der Waals surface area (Å²) in [6.07, 6.45) is 16.2. The van der Waals surface area contributed by atoms with E-state index in [2.05, 4.69) is 65.0 Å². The fourth-order valence-electron chi connectivity index (χ4n) is 10.7. The second kappa shape index (κ2) is 10.2. The molecule has 1 nitrogen and oxygen atoms in total. The molecule has 0 spiro atoms. The second-order valence-electron chi connectivity index (χ2n) is 14.6. The second-order valence-corrected chi connectivity index (χ2v) is 14.6. The maximum absolute atomic E-state index is 11.2. The number of aliphatic hydroxyl groups is 1. The van der Waals surface area contributed by atoms with Crippen molar-refractivity contribution >= 4 is 0 Å². The molecule has 0 saturated heterocycles. The van der Waals surface area contributed by atoms with Crippen molar-refractivity contribution in [2.75, 3.05) is 0 Å². The first-order valence-corrected chi connectivity index (χ1v) is 15.5. The van der Waals surface area contributed by atoms with Crippen molar-refractivity contribution in [3.8, 4) is 0 Å². The molecule has 0 bridgehead atoms. The summed E-state index contributed by atoms with van der Waals surface area (Å²) in [6.45, 7) is 12.7. The van der Waals surface area contributed by atoms with Crippen molar-refractivity contribution in [2.24, 2.45) is 58.2 Å². The van der Waals surface area contributed by atoms with Crippen LogP contribution in [0.1, 0.15) is 111 Å². The summed E-state index contributed by atoms with van der Waals surface area (Å²) >= 11 is 0. The van der Waals surface area contributed by atoms with Gasteiger partial charge in [0, 0.05) is 0 Å². The fraction of sp³-hybridized carbons (Fsp3) is 0.824. The average molecular weight is 479 g/mol. The van der Waals surface area contributed by atoms with Gasteiger partial charge in [0.1, 0.15) is 0 Å². The van der Waals surface area contributed by atoms with Crippen LogP contribution in [0.4, 0.5) is 0 Å². The first kappa shape index (κ1) is 25.8. The van der Waals surface area contributed by atoms with E-state index in [1.165, 1.54) is 69.8 Å². The lowest BCUT2D eigenvalue weighted by atomic mass is 9.42. The highest BCUT2D eigenvalue weighted by Crippen LogP contribution is 2.69. The summed E-state index contributed by atoms with van der Waals surface area (Å²) in [6, 6.07) is 11.0. The largest absolute Gasteiger partial charge is 0.393 e. The van der Waals surface area contributed by atoms with Gasteiger partial charge < -0.3 is 5.11 Å². The average Bonchev–Trinajstić information content (AvgIpc) is 3.19. The Kier molecular flexibility index (Phi) is 7.49. The number of hydrogen-bond donors (Lipinski definition) is 1. The van der Waals surface area contributed by atoms with E-state index in [1.54, 1.807) is 0 Å². The molecular weight excluding hydrogens is 424 g/mol. The predicted octanol–water partition coefficient (Wildman–Crippen LogP) is 8.94. The molecule has 4 saturated carbocycles. The van der Waals surface area contributed by atoms with Gasteiger partial charge in [-0.25, -0.2) is 0 Å². The van der Waals surface area contributed by atoms with E-state index >= 15 is 0 Å². The molecule has 1 aromatic rings. The highest BCUT2D eigenvalue weighted by atomic mass is 16.3. The smallest absolute Gasteiger partial charge is 0.0574 e. The quantitative estimate of drug-likeness (QED) is 0.414. The van der Waals surface area contributed by atoms with Gasteiger partial charge in [0.2, 0.25) is 0 Å². The first-order valence-electron chi connectivity index (χ1n) is 15.5. The summed E-state index contributed by atoms with van der Waals surface area (Å²) in [5, 5.41) is 11.2. The molecule has 1 aromatic carbocycles. The Bertz CT molecular complexity index is 830. The van der Waals surface area contributed by atoms with Crippen LogP contribution < -0.4 is 0 Å². The number of fused-ring (bicyclic) bond motifs is 5. The molecule has 4 aliphatic carbocycles. The van der Waals surface area contributed by atoms with Gasteiger partial charge in [-0.2, -0.15) is 0 Å². The van der Waals surface area contributed by atoms with Crippen LogP contribution in [0.3, 0.4) is 0 Å². The van der Waals surface area contributed by atoms with E-state index in [0.29, 0.717) is 22.7 Å². The molecule has 4 aliphatic rings. The van der Waals surface area contributed by atoms with Gasteiger partial charge in [0.25, 0.3) is 0 Å². The van der Waals surface area contributed by atoms with Crippen LogP contribution in [0.15, 0.2) is 30.3 Å². The maximum Gasteiger partial charge on any atom is 0.0574 e. The van der Waals surface area contributed by atoms with Crippen molar-refractivity contribution in [2.45, 2.75) is 118 Å². The lowest BCUT2D eigenvalue weighted by molar-refractivity contribution is -0.152. The van der Waals surface area contributed by atoms with Crippen molar-refractivity contribution in [3.63, 3.8) is 0 Å². The molecule has 196 valence electrons. The minimum Gasteiger partial charge on any atom is -0.393 e. The highest BCUT2D eigenvalue weighted by Gasteiger charge is 2.61. The Morgan fingerprint density at radius 3 is 2.23 bits per heavy atom. The molecule has 0 amide bonds. The van der Waals surface area contributed by atoms with Gasteiger partial charge in [-0.3, -0.25) is 0 Å². The van der Waals surface area contributed by atoms with Crippen LogP contribution in [0, 0.1) is 58.2 Å². The van der Waals surface area contributed by atoms with E-state index in [9.17, 15) is 5.11 Å². The van der Waals surface area contributed by atoms with Crippen LogP contribution in [0.5, 0.6) is 0 Å². The maximum atomic E-state index is 11.2. The van der Waals surface area contributed by atoms with Crippen LogP contribution >= 0.6 is 0 Å². The lowest BCUT2D eigenvalue weighted by Gasteiger charge is -2.63. The van der Waals surface area contributed by atoms with E-state index in [1.807, 2.05) is 0 Å². The molecule has 4 fully saturated rings. The lowest BCUT2D eigenvalue weighted by Crippen LogP contribution is -2.57. The van der Waals surface area contributed by atoms with Gasteiger partial charge in [-0.05, 0) is 122 Å². The number of aliphatic hydroxyl groups excluding tert-OH is 1. The van der Waals surface area contributed by atoms with E-state index in [4.69, 9.17) is 0 Å². The fourth-order valence-corrected chi connectivity index (χ4v) is 10.7. The molecule has 0 radical (unpaired) electrons. The van der Waals surface area contributed by atoms with Crippen LogP contribution in [0.2, 0.25) is 0 Å². The molecule has 10 atom stereocenters. The summed E-state index contributed by atoms with van der Waals surface area (Å²) in [5.41, 5.74) is 2.44. The van der Waals surface area contributed by atoms with Crippen molar-refractivity contribution in [3.05, 3.63) is 35.9 Å². The minimum atomic E-state index is -0.110. The summed E-state index contributed by atoms with van der Waals surface area (Å²) < 4.78 is 0. The van der Waals surface area contributed by atoms with Gasteiger partial charge in [0.05, 0.1) is 6.10 Å². The zero-order valence-electron chi connectivity index (χ0n) is 23.5. The van der Waals surface area contributed by atoms with Crippen molar-refractivity contribution in [1.29, 1.82) is 0 Å². The molecule has 0 unspecified atom stereocenters. The Morgan fingerprint density at radius 1 is 0.800 bits per heavy atom. The molecule has 0 aliphatic heterocycles. The first-order chi connectivity index (χ1) is 16.7. The van der Waals surface area contributed by atoms with Crippen LogP contribution in [0.25, 0.3) is 0 Å². The van der Waals surface area contributed by atoms with Crippen LogP contribution in [-0.2, 0) is 6.42 Å². The van der Waals surface area contributed by atoms with Crippen molar-refractivity contribution in [1.82, 2.24) is 0 Å². The Labute approximate surface area is 216 Å². The minimum absolute atomic E-state index is 0.110. The third-order valence-corrected chi connectivity index (χ3v) is 12.4. The molecule has 1 N–H and O–H groups in total. The summed E-state index contributed by atoms with van der Waals surface area (Å²) in [7, 11) is 0. The molecule has 0 aromatic heterocycles. The monoisotopic (exact) mass is 478 g/mol. The highest BCUT2D eigenvalue weighted by molar-refractivity contribution is 5.18. The number of benzene rings is 1. The van der Waals surface area contributed by atoms with Gasteiger partial charge in [-0.1, -0.05) is 84.2 Å². The molecule has 1 heteroatoms. The number of hydrogen-bond acceptors (Lipinski definition) is 1. The van der Waals surface area contributed by atoms with Crippen LogP contribution in [-0.4, -0.2) is 11.2 Å². The zero-order valence-corrected chi connectivity index (χ0v) is 23.5. The topological polar surface area (TPSA) is 20.2 Å². The third-order valence-electron chi connectivity index (χ3n) is 12.4. The van der Waals surface area contributed by atoms with E-state index in [-0.39, 0.29) is 6.10 Å². The third kappa shape index (κ3) is 4.66. The summed E-state index contributed by atoms with van der Waals surface area (Å²) in [4.78, 5) is 0. The van der Waals surface area contributed by atoms with Gasteiger partial charge in [-0.15, -0.1) is 0 Å². The Hall–Kier alpha value is -0.820. The molecular formula is C34H54O. The summed E-state index contributed by atoms with van der Waals surface area (Å²) in [5.74, 6) is 6.62. The standard InChI is InChI=1S/C34H54O/c1-23(2)10-9-11-24(3)28-16-17-29-26-14-15-30-27(22-25-12-7-6-8-13-25)32(35)19-21-34(30,5)31(26)18-20-33(28,29)4/h6-8,12-13,23-24,26-32,35H,9-11,14-22H2,1-5H3/t24-,26+,27+,28-,29+,30+,31+,32+,33-,34+/m1/s1. The molecule has 5 rings (SSSR count). The Balaban J connectivity index is 1.31. The molecule has 0 heterocycles. The predicted molar refractivity (Wildman–Crippen MR) is 148 cm³/mol. The van der Waals surface area contributed by atoms with Gasteiger partial charge >= 0.3 is 0 Å². The van der Waals surface area contributed by atoms with Gasteiger partial charge in [0.15, 0.2) is 0 Å². The zero-order chi connectivity index (χ0) is 24.8. The number of rotatable bonds is 7. The molecule has 35 heavy (non-hydrogen) atoms.